The van der Waals surface area contributed by atoms with Crippen molar-refractivity contribution in [3.8, 4) is 0 Å². The first-order valence-corrected chi connectivity index (χ1v) is 7.43. The number of anilines is 1. The number of benzene rings is 1. The molecule has 1 heterocycles. The number of hydrogen-bond acceptors (Lipinski definition) is 2. The molecule has 0 bridgehead atoms. The zero-order chi connectivity index (χ0) is 13.4. The van der Waals surface area contributed by atoms with Crippen LogP contribution in [0.1, 0.15) is 38.2 Å². The maximum absolute atomic E-state index is 14.2. The fourth-order valence-corrected chi connectivity index (χ4v) is 2.91. The minimum Gasteiger partial charge on any atom is -0.367 e. The maximum atomic E-state index is 14.2. The van der Waals surface area contributed by atoms with Gasteiger partial charge in [0.15, 0.2) is 0 Å². The fourth-order valence-electron chi connectivity index (χ4n) is 2.91. The molecule has 1 saturated heterocycles. The molecule has 3 rings (SSSR count). The van der Waals surface area contributed by atoms with Gasteiger partial charge in [0.1, 0.15) is 5.82 Å². The first-order valence-electron chi connectivity index (χ1n) is 7.43. The van der Waals surface area contributed by atoms with E-state index in [1.165, 1.54) is 12.8 Å². The van der Waals surface area contributed by atoms with Crippen LogP contribution in [-0.4, -0.2) is 37.1 Å². The summed E-state index contributed by atoms with van der Waals surface area (Å²) in [4.78, 5) is 4.75. The Labute approximate surface area is 115 Å². The first kappa shape index (κ1) is 12.9. The van der Waals surface area contributed by atoms with E-state index in [1.54, 1.807) is 6.07 Å². The molecule has 2 nitrogen and oxygen atoms in total. The van der Waals surface area contributed by atoms with E-state index < -0.39 is 0 Å². The monoisotopic (exact) mass is 262 g/mol. The lowest BCUT2D eigenvalue weighted by molar-refractivity contribution is 0.247. The van der Waals surface area contributed by atoms with Crippen molar-refractivity contribution in [1.82, 2.24) is 4.90 Å². The highest BCUT2D eigenvalue weighted by atomic mass is 19.1. The van der Waals surface area contributed by atoms with Crippen molar-refractivity contribution in [2.24, 2.45) is 0 Å². The van der Waals surface area contributed by atoms with Crippen LogP contribution in [0, 0.1) is 5.82 Å². The van der Waals surface area contributed by atoms with Gasteiger partial charge in [0.2, 0.25) is 0 Å². The van der Waals surface area contributed by atoms with Gasteiger partial charge in [-0.25, -0.2) is 4.39 Å². The highest BCUT2D eigenvalue weighted by molar-refractivity contribution is 5.50. The van der Waals surface area contributed by atoms with Crippen molar-refractivity contribution in [2.75, 3.05) is 31.1 Å². The van der Waals surface area contributed by atoms with Gasteiger partial charge in [0.05, 0.1) is 5.69 Å². The Morgan fingerprint density at radius 1 is 1.11 bits per heavy atom. The van der Waals surface area contributed by atoms with Crippen molar-refractivity contribution in [3.05, 3.63) is 29.6 Å². The molecule has 19 heavy (non-hydrogen) atoms. The Hall–Kier alpha value is -1.09. The van der Waals surface area contributed by atoms with Crippen LogP contribution < -0.4 is 4.90 Å². The van der Waals surface area contributed by atoms with Crippen LogP contribution >= 0.6 is 0 Å². The fraction of sp³-hybridized carbons (Fsp3) is 0.625. The van der Waals surface area contributed by atoms with Crippen molar-refractivity contribution in [1.29, 1.82) is 0 Å². The number of rotatable bonds is 3. The Morgan fingerprint density at radius 2 is 1.79 bits per heavy atom. The lowest BCUT2D eigenvalue weighted by Crippen LogP contribution is -2.47. The second kappa shape index (κ2) is 5.12. The second-order valence-corrected chi connectivity index (χ2v) is 6.12. The van der Waals surface area contributed by atoms with Gasteiger partial charge < -0.3 is 4.90 Å². The summed E-state index contributed by atoms with van der Waals surface area (Å²) in [5.41, 5.74) is 1.86. The van der Waals surface area contributed by atoms with E-state index in [-0.39, 0.29) is 5.82 Å². The third kappa shape index (κ3) is 2.76. The van der Waals surface area contributed by atoms with Gasteiger partial charge in [0, 0.05) is 32.2 Å². The summed E-state index contributed by atoms with van der Waals surface area (Å²) in [6.07, 6.45) is 2.72. The molecule has 2 fully saturated rings. The number of nitrogens with zero attached hydrogens (tertiary/aromatic N) is 2. The standard InChI is InChI=1S/C16H23FN2/c1-12(2)13-3-6-16(15(17)11-13)19-9-7-18(8-10-19)14-4-5-14/h3,6,11-12,14H,4-5,7-10H2,1-2H3. The van der Waals surface area contributed by atoms with Gasteiger partial charge in [-0.15, -0.1) is 0 Å². The predicted molar refractivity (Wildman–Crippen MR) is 77.3 cm³/mol. The Kier molecular flexibility index (Phi) is 3.48. The minimum atomic E-state index is -0.0638. The molecular formula is C16H23FN2. The van der Waals surface area contributed by atoms with Crippen molar-refractivity contribution in [2.45, 2.75) is 38.6 Å². The molecule has 1 aliphatic heterocycles. The summed E-state index contributed by atoms with van der Waals surface area (Å²) in [7, 11) is 0. The van der Waals surface area contributed by atoms with Crippen LogP contribution in [-0.2, 0) is 0 Å². The summed E-state index contributed by atoms with van der Waals surface area (Å²) >= 11 is 0. The Morgan fingerprint density at radius 3 is 2.32 bits per heavy atom. The molecule has 1 aliphatic carbocycles. The molecule has 104 valence electrons. The van der Waals surface area contributed by atoms with Gasteiger partial charge in [0.25, 0.3) is 0 Å². The van der Waals surface area contributed by atoms with E-state index in [0.717, 1.165) is 43.5 Å². The van der Waals surface area contributed by atoms with Gasteiger partial charge in [-0.3, -0.25) is 4.90 Å². The lowest BCUT2D eigenvalue weighted by Gasteiger charge is -2.36. The molecule has 3 heteroatoms. The average Bonchev–Trinajstić information content (AvgIpc) is 3.23. The molecule has 0 unspecified atom stereocenters. The van der Waals surface area contributed by atoms with E-state index in [2.05, 4.69) is 29.7 Å². The molecule has 1 saturated carbocycles. The molecule has 0 spiro atoms. The maximum Gasteiger partial charge on any atom is 0.146 e. The lowest BCUT2D eigenvalue weighted by atomic mass is 10.0. The van der Waals surface area contributed by atoms with Crippen molar-refractivity contribution in [3.63, 3.8) is 0 Å². The van der Waals surface area contributed by atoms with Crippen LogP contribution in [0.2, 0.25) is 0 Å². The van der Waals surface area contributed by atoms with Crippen LogP contribution in [0.25, 0.3) is 0 Å². The molecule has 0 radical (unpaired) electrons. The minimum absolute atomic E-state index is 0.0638. The Balaban J connectivity index is 1.69. The van der Waals surface area contributed by atoms with Crippen molar-refractivity contribution >= 4 is 5.69 Å². The van der Waals surface area contributed by atoms with Crippen LogP contribution in [0.15, 0.2) is 18.2 Å². The van der Waals surface area contributed by atoms with E-state index in [0.29, 0.717) is 5.92 Å². The summed E-state index contributed by atoms with van der Waals surface area (Å²) < 4.78 is 14.2. The molecule has 0 atom stereocenters. The van der Waals surface area contributed by atoms with Crippen LogP contribution in [0.4, 0.5) is 10.1 Å². The highest BCUT2D eigenvalue weighted by Crippen LogP contribution is 2.30. The van der Waals surface area contributed by atoms with Crippen LogP contribution in [0.3, 0.4) is 0 Å². The van der Waals surface area contributed by atoms with Crippen LogP contribution in [0.5, 0.6) is 0 Å². The quantitative estimate of drug-likeness (QED) is 0.825. The number of halogens is 1. The zero-order valence-electron chi connectivity index (χ0n) is 11.9. The summed E-state index contributed by atoms with van der Waals surface area (Å²) in [6, 6.07) is 6.55. The third-order valence-electron chi connectivity index (χ3n) is 4.36. The third-order valence-corrected chi connectivity index (χ3v) is 4.36. The molecule has 1 aromatic rings. The largest absolute Gasteiger partial charge is 0.367 e. The smallest absolute Gasteiger partial charge is 0.146 e. The molecular weight excluding hydrogens is 239 g/mol. The SMILES string of the molecule is CC(C)c1ccc(N2CCN(C3CC3)CC2)c(F)c1. The normalized spacial score (nSPS) is 21.2. The number of hydrogen-bond donors (Lipinski definition) is 0. The summed E-state index contributed by atoms with van der Waals surface area (Å²) in [5, 5.41) is 0. The first-order chi connectivity index (χ1) is 9.15. The topological polar surface area (TPSA) is 6.48 Å². The van der Waals surface area contributed by atoms with Crippen molar-refractivity contribution < 1.29 is 4.39 Å². The average molecular weight is 262 g/mol. The predicted octanol–water partition coefficient (Wildman–Crippen LogP) is 3.23. The van der Waals surface area contributed by atoms with Gasteiger partial charge >= 0.3 is 0 Å². The molecule has 0 aromatic heterocycles. The number of piperazine rings is 1. The highest BCUT2D eigenvalue weighted by Gasteiger charge is 2.31. The molecule has 1 aromatic carbocycles. The van der Waals surface area contributed by atoms with Gasteiger partial charge in [-0.1, -0.05) is 19.9 Å². The van der Waals surface area contributed by atoms with E-state index in [1.807, 2.05) is 6.07 Å². The zero-order valence-corrected chi connectivity index (χ0v) is 11.9. The molecule has 2 aliphatic rings. The van der Waals surface area contributed by atoms with E-state index in [4.69, 9.17) is 0 Å². The summed E-state index contributed by atoms with van der Waals surface area (Å²) in [5.74, 6) is 0.321. The van der Waals surface area contributed by atoms with E-state index >= 15 is 0 Å². The van der Waals surface area contributed by atoms with E-state index in [9.17, 15) is 4.39 Å². The summed E-state index contributed by atoms with van der Waals surface area (Å²) in [6.45, 7) is 8.26. The molecule has 0 amide bonds. The molecule has 0 N–H and O–H groups in total. The van der Waals surface area contributed by atoms with Gasteiger partial charge in [-0.2, -0.15) is 0 Å². The van der Waals surface area contributed by atoms with Gasteiger partial charge in [-0.05, 0) is 36.5 Å². The Bertz CT molecular complexity index is 446. The second-order valence-electron chi connectivity index (χ2n) is 6.12.